The van der Waals surface area contributed by atoms with Crippen molar-refractivity contribution in [1.82, 2.24) is 0 Å². The molecule has 1 atom stereocenters. The average molecular weight is 337 g/mol. The highest BCUT2D eigenvalue weighted by Crippen LogP contribution is 2.40. The third kappa shape index (κ3) is 2.90. The molecule has 0 radical (unpaired) electrons. The van der Waals surface area contributed by atoms with E-state index in [0.29, 0.717) is 5.92 Å². The van der Waals surface area contributed by atoms with Crippen LogP contribution in [0, 0.1) is 5.92 Å². The number of nitrogens with zero attached hydrogens (tertiary/aromatic N) is 1. The molecule has 0 heterocycles. The molecule has 3 aromatic carbocycles. The standard InChI is InChI=1S/C25H23N/c1-17-15-18(2)25(19(17)3)23-14-13-20-9-7-8-12-22(20)24(23)16-26-21-10-5-4-6-11-21/h4-16,18H,1-3H3/b26-16+. The first-order chi connectivity index (χ1) is 12.6. The highest BCUT2D eigenvalue weighted by atomic mass is 14.7. The van der Waals surface area contributed by atoms with Crippen molar-refractivity contribution in [3.05, 3.63) is 95.1 Å². The minimum atomic E-state index is 0.431. The van der Waals surface area contributed by atoms with Crippen molar-refractivity contribution in [3.63, 3.8) is 0 Å². The van der Waals surface area contributed by atoms with Crippen LogP contribution in [0.2, 0.25) is 0 Å². The molecule has 0 saturated carbocycles. The van der Waals surface area contributed by atoms with E-state index < -0.39 is 0 Å². The normalized spacial score (nSPS) is 17.3. The molecule has 1 heteroatoms. The van der Waals surface area contributed by atoms with Gasteiger partial charge in [0, 0.05) is 17.7 Å². The number of benzene rings is 3. The first kappa shape index (κ1) is 16.5. The molecule has 0 aliphatic heterocycles. The Morgan fingerprint density at radius 3 is 2.31 bits per heavy atom. The van der Waals surface area contributed by atoms with E-state index in [1.807, 2.05) is 36.5 Å². The van der Waals surface area contributed by atoms with Crippen LogP contribution < -0.4 is 0 Å². The molecule has 1 unspecified atom stereocenters. The van der Waals surface area contributed by atoms with Crippen molar-refractivity contribution >= 4 is 28.2 Å². The molecule has 0 spiro atoms. The summed E-state index contributed by atoms with van der Waals surface area (Å²) in [6.45, 7) is 6.72. The smallest absolute Gasteiger partial charge is 0.0629 e. The first-order valence-electron chi connectivity index (χ1n) is 9.16. The number of hydrogen-bond acceptors (Lipinski definition) is 1. The lowest BCUT2D eigenvalue weighted by Crippen LogP contribution is -2.00. The number of hydrogen-bond donors (Lipinski definition) is 0. The van der Waals surface area contributed by atoms with E-state index in [1.165, 1.54) is 38.6 Å². The molecule has 4 rings (SSSR count). The van der Waals surface area contributed by atoms with E-state index in [0.717, 1.165) is 5.69 Å². The summed E-state index contributed by atoms with van der Waals surface area (Å²) in [6, 6.07) is 23.2. The monoisotopic (exact) mass is 337 g/mol. The summed E-state index contributed by atoms with van der Waals surface area (Å²) in [6.07, 6.45) is 4.39. The molecular weight excluding hydrogens is 314 g/mol. The fraction of sp³-hybridized carbons (Fsp3) is 0.160. The van der Waals surface area contributed by atoms with Gasteiger partial charge < -0.3 is 0 Å². The second-order valence-corrected chi connectivity index (χ2v) is 7.02. The van der Waals surface area contributed by atoms with E-state index in [4.69, 9.17) is 4.99 Å². The van der Waals surface area contributed by atoms with Crippen molar-refractivity contribution < 1.29 is 0 Å². The minimum absolute atomic E-state index is 0.431. The third-order valence-electron chi connectivity index (χ3n) is 5.31. The minimum Gasteiger partial charge on any atom is -0.256 e. The lowest BCUT2D eigenvalue weighted by Gasteiger charge is -2.16. The second kappa shape index (κ2) is 6.76. The Bertz CT molecular complexity index is 1050. The number of aliphatic imine (C=N–C) groups is 1. The van der Waals surface area contributed by atoms with Crippen molar-refractivity contribution in [2.24, 2.45) is 10.9 Å². The average Bonchev–Trinajstić information content (AvgIpc) is 2.92. The maximum absolute atomic E-state index is 4.76. The quantitative estimate of drug-likeness (QED) is 0.458. The van der Waals surface area contributed by atoms with Crippen LogP contribution in [-0.4, -0.2) is 6.21 Å². The van der Waals surface area contributed by atoms with Gasteiger partial charge in [-0.1, -0.05) is 73.2 Å². The van der Waals surface area contributed by atoms with Crippen LogP contribution >= 0.6 is 0 Å². The van der Waals surface area contributed by atoms with E-state index in [2.05, 4.69) is 63.2 Å². The summed E-state index contributed by atoms with van der Waals surface area (Å²) in [5, 5.41) is 2.50. The first-order valence-corrected chi connectivity index (χ1v) is 9.16. The Morgan fingerprint density at radius 1 is 0.846 bits per heavy atom. The Balaban J connectivity index is 1.93. The maximum Gasteiger partial charge on any atom is 0.0629 e. The van der Waals surface area contributed by atoms with Crippen LogP contribution in [-0.2, 0) is 0 Å². The van der Waals surface area contributed by atoms with Gasteiger partial charge in [0.05, 0.1) is 5.69 Å². The van der Waals surface area contributed by atoms with E-state index in [-0.39, 0.29) is 0 Å². The molecule has 0 N–H and O–H groups in total. The fourth-order valence-corrected chi connectivity index (χ4v) is 3.91. The summed E-state index contributed by atoms with van der Waals surface area (Å²) >= 11 is 0. The molecular formula is C25H23N. The largest absolute Gasteiger partial charge is 0.256 e. The maximum atomic E-state index is 4.76. The predicted molar refractivity (Wildman–Crippen MR) is 113 cm³/mol. The van der Waals surface area contributed by atoms with Gasteiger partial charge in [-0.3, -0.25) is 4.99 Å². The van der Waals surface area contributed by atoms with Crippen molar-refractivity contribution in [3.8, 4) is 0 Å². The summed E-state index contributed by atoms with van der Waals surface area (Å²) in [7, 11) is 0. The Hall–Kier alpha value is -2.93. The third-order valence-corrected chi connectivity index (χ3v) is 5.31. The number of allylic oxidation sites excluding steroid dienone is 4. The molecule has 0 fully saturated rings. The van der Waals surface area contributed by atoms with Gasteiger partial charge in [0.1, 0.15) is 0 Å². The number of rotatable bonds is 3. The van der Waals surface area contributed by atoms with Crippen LogP contribution in [0.1, 0.15) is 31.9 Å². The summed E-state index contributed by atoms with van der Waals surface area (Å²) < 4.78 is 0. The molecule has 128 valence electrons. The Kier molecular flexibility index (Phi) is 4.30. The highest BCUT2D eigenvalue weighted by molar-refractivity contribution is 6.05. The van der Waals surface area contributed by atoms with Gasteiger partial charge in [0.25, 0.3) is 0 Å². The molecule has 0 saturated heterocycles. The van der Waals surface area contributed by atoms with Crippen LogP contribution in [0.4, 0.5) is 5.69 Å². The van der Waals surface area contributed by atoms with Crippen LogP contribution in [0.5, 0.6) is 0 Å². The van der Waals surface area contributed by atoms with Gasteiger partial charge in [-0.15, -0.1) is 0 Å². The number of fused-ring (bicyclic) bond motifs is 1. The van der Waals surface area contributed by atoms with Gasteiger partial charge in [0.15, 0.2) is 0 Å². The summed E-state index contributed by atoms with van der Waals surface area (Å²) in [5.41, 5.74) is 7.67. The van der Waals surface area contributed by atoms with Crippen molar-refractivity contribution in [1.29, 1.82) is 0 Å². The lowest BCUT2D eigenvalue weighted by molar-refractivity contribution is 0.975. The highest BCUT2D eigenvalue weighted by Gasteiger charge is 2.22. The van der Waals surface area contributed by atoms with Crippen LogP contribution in [0.25, 0.3) is 16.3 Å². The molecule has 1 nitrogen and oxygen atoms in total. The summed E-state index contributed by atoms with van der Waals surface area (Å²) in [4.78, 5) is 4.76. The van der Waals surface area contributed by atoms with Gasteiger partial charge in [0.2, 0.25) is 0 Å². The second-order valence-electron chi connectivity index (χ2n) is 7.02. The van der Waals surface area contributed by atoms with Gasteiger partial charge >= 0.3 is 0 Å². The molecule has 1 aliphatic rings. The zero-order chi connectivity index (χ0) is 18.1. The fourth-order valence-electron chi connectivity index (χ4n) is 3.91. The van der Waals surface area contributed by atoms with Gasteiger partial charge in [-0.2, -0.15) is 0 Å². The SMILES string of the molecule is CC1=CC(C)C(c2ccc3ccccc3c2/C=N/c2ccccc2)=C1C. The molecule has 0 aromatic heterocycles. The van der Waals surface area contributed by atoms with Gasteiger partial charge in [-0.25, -0.2) is 0 Å². The van der Waals surface area contributed by atoms with E-state index in [1.54, 1.807) is 0 Å². The van der Waals surface area contributed by atoms with Crippen molar-refractivity contribution in [2.45, 2.75) is 20.8 Å². The van der Waals surface area contributed by atoms with E-state index >= 15 is 0 Å². The zero-order valence-corrected chi connectivity index (χ0v) is 15.5. The molecule has 0 bridgehead atoms. The molecule has 0 amide bonds. The summed E-state index contributed by atoms with van der Waals surface area (Å²) in [5.74, 6) is 0.431. The molecule has 3 aromatic rings. The Labute approximate surface area is 155 Å². The van der Waals surface area contributed by atoms with Crippen LogP contribution in [0.3, 0.4) is 0 Å². The van der Waals surface area contributed by atoms with E-state index in [9.17, 15) is 0 Å². The van der Waals surface area contributed by atoms with Crippen LogP contribution in [0.15, 0.2) is 88.9 Å². The predicted octanol–water partition coefficient (Wildman–Crippen LogP) is 6.96. The topological polar surface area (TPSA) is 12.4 Å². The Morgan fingerprint density at radius 2 is 1.58 bits per heavy atom. The zero-order valence-electron chi connectivity index (χ0n) is 15.5. The molecule has 1 aliphatic carbocycles. The molecule has 26 heavy (non-hydrogen) atoms. The van der Waals surface area contributed by atoms with Crippen molar-refractivity contribution in [2.75, 3.05) is 0 Å². The van der Waals surface area contributed by atoms with Gasteiger partial charge in [-0.05, 0) is 53.5 Å². The lowest BCUT2D eigenvalue weighted by atomic mass is 9.88. The number of para-hydroxylation sites is 1.